The smallest absolute Gasteiger partial charge is 0.182 e. The third-order valence-electron chi connectivity index (χ3n) is 2.78. The van der Waals surface area contributed by atoms with Crippen LogP contribution < -0.4 is 0 Å². The van der Waals surface area contributed by atoms with Crippen LogP contribution in [0.2, 0.25) is 0 Å². The summed E-state index contributed by atoms with van der Waals surface area (Å²) in [5, 5.41) is 0. The number of aryl methyl sites for hydroxylation is 2. The number of nitrogens with zero attached hydrogens (tertiary/aromatic N) is 1. The molecule has 0 amide bonds. The number of pyridine rings is 1. The van der Waals surface area contributed by atoms with Gasteiger partial charge in [-0.2, -0.15) is 0 Å². The summed E-state index contributed by atoms with van der Waals surface area (Å²) in [5.41, 5.74) is 2.49. The number of hydrogen-bond acceptors (Lipinski definition) is 3. The minimum Gasteiger partial charge on any atom is -0.265 e. The van der Waals surface area contributed by atoms with Crippen molar-refractivity contribution in [3.05, 3.63) is 59.4 Å². The Balaban J connectivity index is 2.40. The Morgan fingerprint density at radius 1 is 1.06 bits per heavy atom. The van der Waals surface area contributed by atoms with Gasteiger partial charge >= 0.3 is 0 Å². The summed E-state index contributed by atoms with van der Waals surface area (Å²) in [5.74, 6) is 0.0137. The van der Waals surface area contributed by atoms with E-state index < -0.39 is 9.84 Å². The Morgan fingerprint density at radius 2 is 1.72 bits per heavy atom. The van der Waals surface area contributed by atoms with Gasteiger partial charge < -0.3 is 0 Å². The highest BCUT2D eigenvalue weighted by molar-refractivity contribution is 7.90. The fourth-order valence-electron chi connectivity index (χ4n) is 1.82. The minimum atomic E-state index is -3.29. The maximum atomic E-state index is 12.4. The molecule has 0 N–H and O–H groups in total. The van der Waals surface area contributed by atoms with E-state index in [1.165, 1.54) is 0 Å². The second kappa shape index (κ2) is 4.90. The standard InChI is InChI=1S/C14H15NO2S/c1-11-3-4-12(2)14(9-11)18(16,17)10-13-5-7-15-8-6-13/h3-9H,10H2,1-2H3. The van der Waals surface area contributed by atoms with Crippen molar-refractivity contribution in [2.24, 2.45) is 0 Å². The van der Waals surface area contributed by atoms with Crippen LogP contribution in [-0.2, 0) is 15.6 Å². The average Bonchev–Trinajstić information content (AvgIpc) is 2.33. The second-order valence-electron chi connectivity index (χ2n) is 4.38. The first kappa shape index (κ1) is 12.8. The van der Waals surface area contributed by atoms with Crippen molar-refractivity contribution in [3.8, 4) is 0 Å². The lowest BCUT2D eigenvalue weighted by Crippen LogP contribution is -2.07. The molecule has 0 saturated carbocycles. The van der Waals surface area contributed by atoms with E-state index in [4.69, 9.17) is 0 Å². The third kappa shape index (κ3) is 2.76. The zero-order valence-electron chi connectivity index (χ0n) is 10.4. The van der Waals surface area contributed by atoms with Crippen LogP contribution in [-0.4, -0.2) is 13.4 Å². The van der Waals surface area contributed by atoms with Gasteiger partial charge in [-0.25, -0.2) is 8.42 Å². The van der Waals surface area contributed by atoms with E-state index in [-0.39, 0.29) is 5.75 Å². The van der Waals surface area contributed by atoms with Crippen molar-refractivity contribution in [1.29, 1.82) is 0 Å². The predicted molar refractivity (Wildman–Crippen MR) is 71.0 cm³/mol. The van der Waals surface area contributed by atoms with Crippen molar-refractivity contribution in [1.82, 2.24) is 4.98 Å². The normalized spacial score (nSPS) is 11.4. The Kier molecular flexibility index (Phi) is 3.48. The van der Waals surface area contributed by atoms with E-state index in [1.807, 2.05) is 26.0 Å². The summed E-state index contributed by atoms with van der Waals surface area (Å²) < 4.78 is 24.7. The van der Waals surface area contributed by atoms with Gasteiger partial charge in [0.2, 0.25) is 0 Å². The molecular weight excluding hydrogens is 246 g/mol. The fraction of sp³-hybridized carbons (Fsp3) is 0.214. The molecule has 2 aromatic rings. The Hall–Kier alpha value is -1.68. The van der Waals surface area contributed by atoms with E-state index in [2.05, 4.69) is 4.98 Å². The first-order valence-corrected chi connectivity index (χ1v) is 7.33. The highest BCUT2D eigenvalue weighted by Crippen LogP contribution is 2.21. The predicted octanol–water partition coefficient (Wildman–Crippen LogP) is 2.67. The van der Waals surface area contributed by atoms with Gasteiger partial charge in [0.05, 0.1) is 10.6 Å². The quantitative estimate of drug-likeness (QED) is 0.853. The van der Waals surface area contributed by atoms with Gasteiger partial charge in [-0.3, -0.25) is 4.98 Å². The molecule has 0 atom stereocenters. The molecule has 0 bridgehead atoms. The minimum absolute atomic E-state index is 0.0137. The van der Waals surface area contributed by atoms with E-state index in [9.17, 15) is 8.42 Å². The van der Waals surface area contributed by atoms with Crippen molar-refractivity contribution in [3.63, 3.8) is 0 Å². The largest absolute Gasteiger partial charge is 0.265 e. The van der Waals surface area contributed by atoms with E-state index >= 15 is 0 Å². The van der Waals surface area contributed by atoms with Crippen molar-refractivity contribution in [2.45, 2.75) is 24.5 Å². The fourth-order valence-corrected chi connectivity index (χ4v) is 3.53. The molecule has 0 radical (unpaired) electrons. The number of aromatic nitrogens is 1. The molecule has 4 heteroatoms. The Bertz CT molecular complexity index is 649. The van der Waals surface area contributed by atoms with E-state index in [0.29, 0.717) is 4.90 Å². The Morgan fingerprint density at radius 3 is 2.39 bits per heavy atom. The molecule has 2 rings (SSSR count). The van der Waals surface area contributed by atoms with Crippen LogP contribution in [0.5, 0.6) is 0 Å². The summed E-state index contributed by atoms with van der Waals surface area (Å²) >= 11 is 0. The van der Waals surface area contributed by atoms with Crippen LogP contribution in [0.4, 0.5) is 0 Å². The molecule has 94 valence electrons. The topological polar surface area (TPSA) is 47.0 Å². The van der Waals surface area contributed by atoms with Gasteiger partial charge in [0, 0.05) is 12.4 Å². The zero-order valence-corrected chi connectivity index (χ0v) is 11.2. The lowest BCUT2D eigenvalue weighted by atomic mass is 10.2. The SMILES string of the molecule is Cc1ccc(C)c(S(=O)(=O)Cc2ccncc2)c1. The van der Waals surface area contributed by atoms with Crippen LogP contribution >= 0.6 is 0 Å². The molecule has 0 aliphatic carbocycles. The number of benzene rings is 1. The van der Waals surface area contributed by atoms with Gasteiger partial charge in [-0.15, -0.1) is 0 Å². The molecule has 0 saturated heterocycles. The molecule has 18 heavy (non-hydrogen) atoms. The van der Waals surface area contributed by atoms with Crippen molar-refractivity contribution in [2.75, 3.05) is 0 Å². The molecule has 0 spiro atoms. The molecule has 1 aromatic heterocycles. The van der Waals surface area contributed by atoms with E-state index in [0.717, 1.165) is 16.7 Å². The number of hydrogen-bond donors (Lipinski definition) is 0. The average molecular weight is 261 g/mol. The molecule has 1 heterocycles. The maximum Gasteiger partial charge on any atom is 0.182 e. The lowest BCUT2D eigenvalue weighted by molar-refractivity contribution is 0.594. The summed E-state index contributed by atoms with van der Waals surface area (Å²) in [6.07, 6.45) is 3.21. The van der Waals surface area contributed by atoms with Crippen LogP contribution in [0.3, 0.4) is 0 Å². The summed E-state index contributed by atoms with van der Waals surface area (Å²) in [6, 6.07) is 8.94. The first-order chi connectivity index (χ1) is 8.49. The van der Waals surface area contributed by atoms with E-state index in [1.54, 1.807) is 30.6 Å². The highest BCUT2D eigenvalue weighted by Gasteiger charge is 2.17. The maximum absolute atomic E-state index is 12.4. The molecule has 3 nitrogen and oxygen atoms in total. The third-order valence-corrected chi connectivity index (χ3v) is 4.61. The van der Waals surface area contributed by atoms with Crippen LogP contribution in [0, 0.1) is 13.8 Å². The molecule has 0 aliphatic rings. The number of rotatable bonds is 3. The number of sulfone groups is 1. The van der Waals surface area contributed by atoms with Crippen molar-refractivity contribution >= 4 is 9.84 Å². The summed E-state index contributed by atoms with van der Waals surface area (Å²) in [7, 11) is -3.29. The summed E-state index contributed by atoms with van der Waals surface area (Å²) in [6.45, 7) is 3.71. The first-order valence-electron chi connectivity index (χ1n) is 5.68. The van der Waals surface area contributed by atoms with Gasteiger partial charge in [0.25, 0.3) is 0 Å². The van der Waals surface area contributed by atoms with Crippen LogP contribution in [0.1, 0.15) is 16.7 Å². The zero-order chi connectivity index (χ0) is 13.2. The Labute approximate surface area is 107 Å². The molecule has 1 aromatic carbocycles. The molecule has 0 fully saturated rings. The van der Waals surface area contributed by atoms with Gasteiger partial charge in [0.15, 0.2) is 9.84 Å². The van der Waals surface area contributed by atoms with Crippen LogP contribution in [0.25, 0.3) is 0 Å². The summed E-state index contributed by atoms with van der Waals surface area (Å²) in [4.78, 5) is 4.30. The highest BCUT2D eigenvalue weighted by atomic mass is 32.2. The second-order valence-corrected chi connectivity index (χ2v) is 6.34. The van der Waals surface area contributed by atoms with Crippen molar-refractivity contribution < 1.29 is 8.42 Å². The van der Waals surface area contributed by atoms with Gasteiger partial charge in [0.1, 0.15) is 0 Å². The lowest BCUT2D eigenvalue weighted by Gasteiger charge is -2.08. The monoisotopic (exact) mass is 261 g/mol. The van der Waals surface area contributed by atoms with Gasteiger partial charge in [-0.1, -0.05) is 12.1 Å². The molecule has 0 aliphatic heterocycles. The van der Waals surface area contributed by atoms with Crippen LogP contribution in [0.15, 0.2) is 47.6 Å². The molecule has 0 unspecified atom stereocenters. The molecular formula is C14H15NO2S. The van der Waals surface area contributed by atoms with Gasteiger partial charge in [-0.05, 0) is 48.7 Å².